The van der Waals surface area contributed by atoms with Crippen LogP contribution in [0.25, 0.3) is 0 Å². The maximum Gasteiger partial charge on any atom is 0.342 e. The molecule has 0 aliphatic carbocycles. The van der Waals surface area contributed by atoms with Gasteiger partial charge in [0.1, 0.15) is 17.9 Å². The Labute approximate surface area is 92.9 Å². The molecule has 0 aromatic carbocycles. The first-order chi connectivity index (χ1) is 7.77. The van der Waals surface area contributed by atoms with Crippen molar-refractivity contribution in [2.24, 2.45) is 0 Å². The molecule has 0 N–H and O–H groups in total. The number of hydrogen-bond donors (Lipinski definition) is 0. The van der Waals surface area contributed by atoms with Crippen LogP contribution >= 0.6 is 0 Å². The maximum atomic E-state index is 11.6. The van der Waals surface area contributed by atoms with Crippen molar-refractivity contribution in [1.29, 1.82) is 0 Å². The molecule has 4 nitrogen and oxygen atoms in total. The van der Waals surface area contributed by atoms with Crippen LogP contribution in [0.3, 0.4) is 0 Å². The second-order valence-electron chi connectivity index (χ2n) is 3.29. The van der Waals surface area contributed by atoms with Crippen molar-refractivity contribution in [2.45, 2.75) is 13.5 Å². The highest BCUT2D eigenvalue weighted by molar-refractivity contribution is 5.90. The second kappa shape index (κ2) is 4.61. The van der Waals surface area contributed by atoms with Crippen molar-refractivity contribution >= 4 is 5.97 Å². The van der Waals surface area contributed by atoms with E-state index in [1.54, 1.807) is 25.3 Å². The Morgan fingerprint density at radius 1 is 1.44 bits per heavy atom. The maximum absolute atomic E-state index is 11.6. The van der Waals surface area contributed by atoms with Crippen LogP contribution in [0.5, 0.6) is 0 Å². The zero-order chi connectivity index (χ0) is 11.4. The zero-order valence-corrected chi connectivity index (χ0v) is 8.84. The Hall–Kier alpha value is -2.10. The summed E-state index contributed by atoms with van der Waals surface area (Å²) in [4.78, 5) is 15.6. The van der Waals surface area contributed by atoms with E-state index in [0.29, 0.717) is 11.3 Å². The third-order valence-corrected chi connectivity index (χ3v) is 2.16. The van der Waals surface area contributed by atoms with Gasteiger partial charge in [0.15, 0.2) is 0 Å². The van der Waals surface area contributed by atoms with E-state index >= 15 is 0 Å². The molecule has 16 heavy (non-hydrogen) atoms. The number of hydrogen-bond acceptors (Lipinski definition) is 4. The summed E-state index contributed by atoms with van der Waals surface area (Å²) in [5.74, 6) is 0.169. The minimum absolute atomic E-state index is 0.171. The molecule has 0 radical (unpaired) electrons. The normalized spacial score (nSPS) is 10.1. The lowest BCUT2D eigenvalue weighted by atomic mass is 10.3. The molecule has 0 fully saturated rings. The lowest BCUT2D eigenvalue weighted by molar-refractivity contribution is 0.0466. The van der Waals surface area contributed by atoms with Gasteiger partial charge in [-0.25, -0.2) is 4.79 Å². The Balaban J connectivity index is 1.97. The average molecular weight is 217 g/mol. The first-order valence-corrected chi connectivity index (χ1v) is 4.88. The van der Waals surface area contributed by atoms with Crippen LogP contribution in [0.1, 0.15) is 21.8 Å². The van der Waals surface area contributed by atoms with E-state index in [9.17, 15) is 4.79 Å². The number of esters is 1. The summed E-state index contributed by atoms with van der Waals surface area (Å²) >= 11 is 0. The summed E-state index contributed by atoms with van der Waals surface area (Å²) in [6.45, 7) is 1.89. The molecule has 0 aliphatic rings. The molecule has 2 heterocycles. The van der Waals surface area contributed by atoms with Crippen LogP contribution in [0.15, 0.2) is 41.1 Å². The predicted octanol–water partition coefficient (Wildman–Crippen LogP) is 2.34. The van der Waals surface area contributed by atoms with Gasteiger partial charge in [-0.15, -0.1) is 0 Å². The minimum atomic E-state index is -0.392. The van der Waals surface area contributed by atoms with E-state index in [1.165, 1.54) is 6.26 Å². The smallest absolute Gasteiger partial charge is 0.342 e. The third kappa shape index (κ3) is 2.28. The summed E-state index contributed by atoms with van der Waals surface area (Å²) in [6, 6.07) is 7.05. The Morgan fingerprint density at radius 2 is 2.31 bits per heavy atom. The summed E-state index contributed by atoms with van der Waals surface area (Å²) in [5, 5.41) is 0. The minimum Gasteiger partial charge on any atom is -0.469 e. The Bertz CT molecular complexity index is 476. The van der Waals surface area contributed by atoms with Gasteiger partial charge >= 0.3 is 5.97 Å². The standard InChI is InChI=1S/C12H11NO3/c1-9-11(5-7-15-9)12(14)16-8-10-4-2-3-6-13-10/h2-7H,8H2,1H3. The fraction of sp³-hybridized carbons (Fsp3) is 0.167. The number of rotatable bonds is 3. The summed E-state index contributed by atoms with van der Waals surface area (Å²) in [6.07, 6.45) is 3.12. The number of nitrogens with zero attached hydrogens (tertiary/aromatic N) is 1. The van der Waals surface area contributed by atoms with Crippen molar-refractivity contribution < 1.29 is 13.9 Å². The molecule has 0 spiro atoms. The summed E-state index contributed by atoms with van der Waals surface area (Å²) in [7, 11) is 0. The SMILES string of the molecule is Cc1occc1C(=O)OCc1ccccn1. The first kappa shape index (κ1) is 10.4. The monoisotopic (exact) mass is 217 g/mol. The molecule has 0 amide bonds. The van der Waals surface area contributed by atoms with Crippen LogP contribution < -0.4 is 0 Å². The van der Waals surface area contributed by atoms with Gasteiger partial charge in [-0.1, -0.05) is 6.07 Å². The van der Waals surface area contributed by atoms with E-state index in [4.69, 9.17) is 9.15 Å². The highest BCUT2D eigenvalue weighted by Gasteiger charge is 2.12. The van der Waals surface area contributed by atoms with E-state index in [1.807, 2.05) is 12.1 Å². The van der Waals surface area contributed by atoms with E-state index in [-0.39, 0.29) is 6.61 Å². The molecule has 4 heteroatoms. The number of ether oxygens (including phenoxy) is 1. The molecule has 82 valence electrons. The Kier molecular flexibility index (Phi) is 3.00. The fourth-order valence-corrected chi connectivity index (χ4v) is 1.30. The first-order valence-electron chi connectivity index (χ1n) is 4.88. The lowest BCUT2D eigenvalue weighted by Crippen LogP contribution is -2.06. The van der Waals surface area contributed by atoms with Crippen molar-refractivity contribution in [3.63, 3.8) is 0 Å². The molecule has 0 saturated heterocycles. The zero-order valence-electron chi connectivity index (χ0n) is 8.84. The van der Waals surface area contributed by atoms with Crippen molar-refractivity contribution in [2.75, 3.05) is 0 Å². The number of pyridine rings is 1. The summed E-state index contributed by atoms with van der Waals surface area (Å²) in [5.41, 5.74) is 1.17. The van der Waals surface area contributed by atoms with Gasteiger partial charge in [-0.2, -0.15) is 0 Å². The summed E-state index contributed by atoms with van der Waals surface area (Å²) < 4.78 is 10.1. The largest absolute Gasteiger partial charge is 0.469 e. The van der Waals surface area contributed by atoms with Gasteiger partial charge < -0.3 is 9.15 Å². The molecule has 2 rings (SSSR count). The van der Waals surface area contributed by atoms with Gasteiger partial charge in [0.05, 0.1) is 12.0 Å². The number of carbonyl (C=O) groups excluding carboxylic acids is 1. The number of carbonyl (C=O) groups is 1. The lowest BCUT2D eigenvalue weighted by Gasteiger charge is -2.02. The number of furan rings is 1. The number of aryl methyl sites for hydroxylation is 1. The van der Waals surface area contributed by atoms with Gasteiger partial charge in [-0.05, 0) is 25.1 Å². The third-order valence-electron chi connectivity index (χ3n) is 2.16. The molecule has 0 unspecified atom stereocenters. The van der Waals surface area contributed by atoms with Gasteiger partial charge in [0, 0.05) is 6.20 Å². The van der Waals surface area contributed by atoms with Gasteiger partial charge in [0.25, 0.3) is 0 Å². The Morgan fingerprint density at radius 3 is 2.94 bits per heavy atom. The quantitative estimate of drug-likeness (QED) is 0.740. The van der Waals surface area contributed by atoms with E-state index < -0.39 is 5.97 Å². The molecule has 2 aromatic rings. The van der Waals surface area contributed by atoms with Crippen LogP contribution in [0.2, 0.25) is 0 Å². The van der Waals surface area contributed by atoms with Crippen molar-refractivity contribution in [3.8, 4) is 0 Å². The number of aromatic nitrogens is 1. The molecule has 0 bridgehead atoms. The van der Waals surface area contributed by atoms with E-state index in [0.717, 1.165) is 5.69 Å². The highest BCUT2D eigenvalue weighted by atomic mass is 16.5. The average Bonchev–Trinajstić information content (AvgIpc) is 2.74. The van der Waals surface area contributed by atoms with Crippen LogP contribution in [0, 0.1) is 6.92 Å². The predicted molar refractivity (Wildman–Crippen MR) is 56.8 cm³/mol. The topological polar surface area (TPSA) is 52.3 Å². The molecular weight excluding hydrogens is 206 g/mol. The van der Waals surface area contributed by atoms with Crippen molar-refractivity contribution in [3.05, 3.63) is 53.7 Å². The highest BCUT2D eigenvalue weighted by Crippen LogP contribution is 2.11. The molecular formula is C12H11NO3. The molecule has 0 atom stereocenters. The molecule has 0 aliphatic heterocycles. The van der Waals surface area contributed by atoms with Gasteiger partial charge in [-0.3, -0.25) is 4.98 Å². The fourth-order valence-electron chi connectivity index (χ4n) is 1.30. The van der Waals surface area contributed by atoms with Crippen molar-refractivity contribution in [1.82, 2.24) is 4.98 Å². The van der Waals surface area contributed by atoms with E-state index in [2.05, 4.69) is 4.98 Å². The molecule has 0 saturated carbocycles. The second-order valence-corrected chi connectivity index (χ2v) is 3.29. The van der Waals surface area contributed by atoms with Crippen LogP contribution in [0.4, 0.5) is 0 Å². The van der Waals surface area contributed by atoms with Crippen LogP contribution in [-0.2, 0) is 11.3 Å². The van der Waals surface area contributed by atoms with Gasteiger partial charge in [0.2, 0.25) is 0 Å². The van der Waals surface area contributed by atoms with Crippen LogP contribution in [-0.4, -0.2) is 11.0 Å². The molecule has 2 aromatic heterocycles.